The molecule has 14 nitrogen and oxygen atoms in total. The van der Waals surface area contributed by atoms with Crippen LogP contribution in [0.1, 0.15) is 50.0 Å². The molecule has 0 spiro atoms. The molecule has 3 aromatic heterocycles. The average Bonchev–Trinajstić information content (AvgIpc) is 3.57. The standard InChI is InChI=1S/C32H32N8O6/c1-18(2)25(26(42)28-38-39-30(46-28)32(3,4)23-16-33-20-13-9-10-14-21(20)35-23)36-24(41)17-40-22(19-11-7-6-8-12-19)15-34-27(29(40)43)37-31(44)45-5/h6-16,18,25H,17H2,1-5H3,(H,36,41)(H,34,37,44). The molecule has 14 heteroatoms. The number of Topliss-reactive ketones (excluding diaryl/α,β-unsaturated/α-hetero) is 1. The number of nitrogens with one attached hydrogen (secondary N) is 2. The van der Waals surface area contributed by atoms with Gasteiger partial charge in [0, 0.05) is 0 Å². The molecule has 0 radical (unpaired) electrons. The van der Waals surface area contributed by atoms with E-state index < -0.39 is 41.3 Å². The summed E-state index contributed by atoms with van der Waals surface area (Å²) in [5.74, 6) is -2.09. The fourth-order valence-electron chi connectivity index (χ4n) is 4.69. The minimum atomic E-state index is -1.06. The van der Waals surface area contributed by atoms with Gasteiger partial charge in [-0.3, -0.25) is 29.3 Å². The van der Waals surface area contributed by atoms with Crippen LogP contribution in [0.5, 0.6) is 0 Å². The third-order valence-corrected chi connectivity index (χ3v) is 7.36. The first kappa shape index (κ1) is 31.6. The van der Waals surface area contributed by atoms with Crippen LogP contribution < -0.4 is 16.2 Å². The van der Waals surface area contributed by atoms with Crippen LogP contribution in [0.3, 0.4) is 0 Å². The number of carbonyl (C=O) groups excluding carboxylic acids is 3. The lowest BCUT2D eigenvalue weighted by molar-refractivity contribution is -0.122. The Balaban J connectivity index is 1.39. The molecule has 5 aromatic rings. The van der Waals surface area contributed by atoms with Gasteiger partial charge < -0.3 is 14.5 Å². The van der Waals surface area contributed by atoms with Crippen LogP contribution in [-0.2, 0) is 21.5 Å². The highest BCUT2D eigenvalue weighted by Gasteiger charge is 2.35. The van der Waals surface area contributed by atoms with Crippen LogP contribution in [0.4, 0.5) is 10.6 Å². The fourth-order valence-corrected chi connectivity index (χ4v) is 4.69. The number of hydrogen-bond acceptors (Lipinski definition) is 11. The van der Waals surface area contributed by atoms with Crippen molar-refractivity contribution in [2.75, 3.05) is 12.4 Å². The van der Waals surface area contributed by atoms with Gasteiger partial charge in [0.1, 0.15) is 6.54 Å². The van der Waals surface area contributed by atoms with E-state index in [9.17, 15) is 19.2 Å². The normalized spacial score (nSPS) is 12.1. The SMILES string of the molecule is COC(=O)Nc1ncc(-c2ccccc2)n(CC(=O)NC(C(=O)c2nnc(C(C)(C)c3cnc4ccccc4n3)o2)C(C)C)c1=O. The second-order valence-corrected chi connectivity index (χ2v) is 11.3. The number of anilines is 1. The van der Waals surface area contributed by atoms with E-state index in [0.717, 1.165) is 17.2 Å². The number of fused-ring (bicyclic) bond motifs is 1. The Bertz CT molecular complexity index is 1970. The van der Waals surface area contributed by atoms with E-state index in [-0.39, 0.29) is 23.5 Å². The molecule has 46 heavy (non-hydrogen) atoms. The molecule has 5 rings (SSSR count). The molecule has 1 atom stereocenters. The number of methoxy groups -OCH3 is 1. The smallest absolute Gasteiger partial charge is 0.412 e. The molecule has 2 N–H and O–H groups in total. The van der Waals surface area contributed by atoms with Crippen LogP contribution in [0.15, 0.2) is 76.2 Å². The first-order chi connectivity index (χ1) is 22.0. The molecular formula is C32H32N8O6. The van der Waals surface area contributed by atoms with Gasteiger partial charge in [0.05, 0.1) is 53.4 Å². The van der Waals surface area contributed by atoms with Gasteiger partial charge in [0.25, 0.3) is 11.4 Å². The average molecular weight is 625 g/mol. The molecule has 3 heterocycles. The van der Waals surface area contributed by atoms with Crippen LogP contribution in [-0.4, -0.2) is 60.7 Å². The maximum absolute atomic E-state index is 13.6. The first-order valence-electron chi connectivity index (χ1n) is 14.4. The number of amides is 2. The van der Waals surface area contributed by atoms with Gasteiger partial charge in [-0.15, -0.1) is 10.2 Å². The monoisotopic (exact) mass is 624 g/mol. The zero-order valence-electron chi connectivity index (χ0n) is 25.8. The lowest BCUT2D eigenvalue weighted by Gasteiger charge is -2.21. The summed E-state index contributed by atoms with van der Waals surface area (Å²) in [6, 6.07) is 15.2. The Hall–Kier alpha value is -5.79. The second kappa shape index (κ2) is 13.1. The minimum Gasteiger partial charge on any atom is -0.453 e. The zero-order valence-corrected chi connectivity index (χ0v) is 25.8. The quantitative estimate of drug-likeness (QED) is 0.216. The molecule has 0 fully saturated rings. The van der Waals surface area contributed by atoms with Crippen molar-refractivity contribution in [3.05, 3.63) is 94.8 Å². The highest BCUT2D eigenvalue weighted by molar-refractivity contribution is 5.98. The van der Waals surface area contributed by atoms with E-state index in [2.05, 4.69) is 40.5 Å². The number of rotatable bonds is 10. The van der Waals surface area contributed by atoms with Crippen molar-refractivity contribution < 1.29 is 23.5 Å². The molecule has 2 amide bonds. The third-order valence-electron chi connectivity index (χ3n) is 7.36. The highest BCUT2D eigenvalue weighted by atomic mass is 16.5. The van der Waals surface area contributed by atoms with Crippen LogP contribution in [0.2, 0.25) is 0 Å². The van der Waals surface area contributed by atoms with Crippen molar-refractivity contribution in [2.24, 2.45) is 5.92 Å². The number of aromatic nitrogens is 6. The van der Waals surface area contributed by atoms with Crippen molar-refractivity contribution in [3.8, 4) is 11.3 Å². The Labute approximate surface area is 263 Å². The molecular weight excluding hydrogens is 592 g/mol. The number of benzene rings is 2. The van der Waals surface area contributed by atoms with E-state index in [4.69, 9.17) is 4.42 Å². The molecule has 1 unspecified atom stereocenters. The fraction of sp³-hybridized carbons (Fsp3) is 0.281. The molecule has 0 aliphatic carbocycles. The van der Waals surface area contributed by atoms with Gasteiger partial charge in [0.15, 0.2) is 0 Å². The van der Waals surface area contributed by atoms with Crippen LogP contribution in [0, 0.1) is 5.92 Å². The predicted octanol–water partition coefficient (Wildman–Crippen LogP) is 3.76. The lowest BCUT2D eigenvalue weighted by atomic mass is 9.89. The van der Waals surface area contributed by atoms with E-state index in [1.165, 1.54) is 6.20 Å². The third kappa shape index (κ3) is 6.50. The summed E-state index contributed by atoms with van der Waals surface area (Å²) in [6.45, 7) is 6.67. The molecule has 236 valence electrons. The Kier molecular flexibility index (Phi) is 8.98. The van der Waals surface area contributed by atoms with Crippen LogP contribution in [0.25, 0.3) is 22.3 Å². The van der Waals surface area contributed by atoms with E-state index in [1.54, 1.807) is 50.4 Å². The maximum Gasteiger partial charge on any atom is 0.412 e. The first-order valence-corrected chi connectivity index (χ1v) is 14.4. The van der Waals surface area contributed by atoms with Gasteiger partial charge in [-0.05, 0) is 37.5 Å². The highest BCUT2D eigenvalue weighted by Crippen LogP contribution is 2.30. The summed E-state index contributed by atoms with van der Waals surface area (Å²) >= 11 is 0. The summed E-state index contributed by atoms with van der Waals surface area (Å²) in [4.78, 5) is 65.4. The van der Waals surface area contributed by atoms with Crippen molar-refractivity contribution in [1.82, 2.24) is 35.0 Å². The molecule has 0 saturated heterocycles. The van der Waals surface area contributed by atoms with Gasteiger partial charge in [0.2, 0.25) is 23.4 Å². The molecule has 0 bridgehead atoms. The number of nitrogens with zero attached hydrogens (tertiary/aromatic N) is 6. The topological polar surface area (TPSA) is 184 Å². The second-order valence-electron chi connectivity index (χ2n) is 11.3. The minimum absolute atomic E-state index is 0.149. The Morgan fingerprint density at radius 2 is 1.65 bits per heavy atom. The number of hydrogen-bond donors (Lipinski definition) is 2. The largest absolute Gasteiger partial charge is 0.453 e. The van der Waals surface area contributed by atoms with Crippen molar-refractivity contribution in [3.63, 3.8) is 0 Å². The van der Waals surface area contributed by atoms with Gasteiger partial charge in [-0.25, -0.2) is 14.8 Å². The van der Waals surface area contributed by atoms with Crippen molar-refractivity contribution in [2.45, 2.75) is 45.7 Å². The summed E-state index contributed by atoms with van der Waals surface area (Å²) in [6.07, 6.45) is 2.10. The Morgan fingerprint density at radius 3 is 2.35 bits per heavy atom. The summed E-state index contributed by atoms with van der Waals surface area (Å²) in [5.41, 5.74) is 1.31. The number of carbonyl (C=O) groups is 3. The lowest BCUT2D eigenvalue weighted by Crippen LogP contribution is -2.46. The van der Waals surface area contributed by atoms with Crippen molar-refractivity contribution in [1.29, 1.82) is 0 Å². The van der Waals surface area contributed by atoms with Gasteiger partial charge in [-0.2, -0.15) is 0 Å². The molecule has 0 saturated carbocycles. The molecule has 0 aliphatic rings. The zero-order chi connectivity index (χ0) is 33.0. The molecule has 0 aliphatic heterocycles. The van der Waals surface area contributed by atoms with E-state index >= 15 is 0 Å². The number of ether oxygens (including phenoxy) is 1. The van der Waals surface area contributed by atoms with Gasteiger partial charge >= 0.3 is 6.09 Å². The number of para-hydroxylation sites is 2. The van der Waals surface area contributed by atoms with Gasteiger partial charge in [-0.1, -0.05) is 56.3 Å². The predicted molar refractivity (Wildman–Crippen MR) is 167 cm³/mol. The molecule has 2 aromatic carbocycles. The Morgan fingerprint density at radius 1 is 0.957 bits per heavy atom. The number of ketones is 1. The summed E-state index contributed by atoms with van der Waals surface area (Å²) < 4.78 is 11.6. The summed E-state index contributed by atoms with van der Waals surface area (Å²) in [5, 5.41) is 13.1. The maximum atomic E-state index is 13.6. The van der Waals surface area contributed by atoms with Crippen LogP contribution >= 0.6 is 0 Å². The van der Waals surface area contributed by atoms with E-state index in [0.29, 0.717) is 22.5 Å². The summed E-state index contributed by atoms with van der Waals surface area (Å²) in [7, 11) is 1.15. The van der Waals surface area contributed by atoms with E-state index in [1.807, 2.05) is 38.1 Å². The van der Waals surface area contributed by atoms with Crippen molar-refractivity contribution >= 4 is 34.6 Å².